The summed E-state index contributed by atoms with van der Waals surface area (Å²) in [5, 5.41) is 47.0. The van der Waals surface area contributed by atoms with Gasteiger partial charge in [-0.15, -0.1) is 0 Å². The van der Waals surface area contributed by atoms with Crippen molar-refractivity contribution in [1.29, 1.82) is 0 Å². The first-order valence-corrected chi connectivity index (χ1v) is 5.57. The van der Waals surface area contributed by atoms with Crippen LogP contribution in [-0.4, -0.2) is 70.1 Å². The molecule has 0 spiro atoms. The fraction of sp³-hybridized carbons (Fsp3) is 0.833. The molecule has 0 unspecified atom stereocenters. The van der Waals surface area contributed by atoms with E-state index in [9.17, 15) is 13.2 Å². The Kier molecular flexibility index (Phi) is 5.41. The third-order valence-electron chi connectivity index (χ3n) is 1.78. The smallest absolute Gasteiger partial charge is 0.292 e. The van der Waals surface area contributed by atoms with E-state index < -0.39 is 46.2 Å². The second-order valence-electron chi connectivity index (χ2n) is 3.04. The van der Waals surface area contributed by atoms with Gasteiger partial charge in [-0.05, 0) is 0 Å². The molecule has 0 saturated heterocycles. The summed E-state index contributed by atoms with van der Waals surface area (Å²) in [6.07, 6.45) is -8.72. The maximum Gasteiger partial charge on any atom is 0.292 e. The summed E-state index contributed by atoms with van der Waals surface area (Å²) in [4.78, 5) is 10.8. The van der Waals surface area contributed by atoms with Gasteiger partial charge in [-0.1, -0.05) is 0 Å². The highest BCUT2D eigenvalue weighted by Crippen LogP contribution is 2.07. The fourth-order valence-corrected chi connectivity index (χ4v) is 1.31. The topological polar surface area (TPSA) is 178 Å². The molecule has 7 N–H and O–H groups in total. The van der Waals surface area contributed by atoms with E-state index in [0.29, 0.717) is 0 Å². The maximum absolute atomic E-state index is 10.8. The van der Waals surface area contributed by atoms with Crippen LogP contribution in [0.4, 0.5) is 0 Å². The van der Waals surface area contributed by atoms with Gasteiger partial charge < -0.3 is 25.5 Å². The number of carbonyl (C=O) groups is 1. The van der Waals surface area contributed by atoms with Crippen LogP contribution in [0.25, 0.3) is 0 Å². The Labute approximate surface area is 90.8 Å². The molecular weight excluding hydrogens is 246 g/mol. The molecule has 96 valence electrons. The molecule has 10 heteroatoms. The molecule has 16 heavy (non-hydrogen) atoms. The number of aliphatic hydroxyl groups is 5. The molecule has 4 atom stereocenters. The minimum absolute atomic E-state index is 0.950. The Bertz CT molecular complexity index is 340. The van der Waals surface area contributed by atoms with E-state index in [2.05, 4.69) is 5.14 Å². The van der Waals surface area contributed by atoms with Crippen molar-refractivity contribution < 1.29 is 38.7 Å². The van der Waals surface area contributed by atoms with Gasteiger partial charge in [-0.2, -0.15) is 0 Å². The lowest BCUT2D eigenvalue weighted by molar-refractivity contribution is -0.140. The van der Waals surface area contributed by atoms with Crippen LogP contribution in [0.1, 0.15) is 0 Å². The molecule has 0 heterocycles. The SMILES string of the molecule is NS(=O)(=O)C(=O)[C@H](O)[C@@H](O)[C@H](O)[C@H](O)CO. The molecule has 0 aromatic rings. The van der Waals surface area contributed by atoms with Gasteiger partial charge in [0.25, 0.3) is 15.1 Å². The molecule has 0 rings (SSSR count). The summed E-state index contributed by atoms with van der Waals surface area (Å²) >= 11 is 0. The zero-order valence-electron chi connectivity index (χ0n) is 7.96. The van der Waals surface area contributed by atoms with Crippen LogP contribution in [0.5, 0.6) is 0 Å². The molecule has 0 aliphatic carbocycles. The Morgan fingerprint density at radius 3 is 1.88 bits per heavy atom. The number of nitrogens with two attached hydrogens (primary N) is 1. The van der Waals surface area contributed by atoms with Gasteiger partial charge in [-0.25, -0.2) is 13.6 Å². The quantitative estimate of drug-likeness (QED) is 0.285. The van der Waals surface area contributed by atoms with Gasteiger partial charge >= 0.3 is 0 Å². The number of primary sulfonamides is 1. The molecule has 0 aromatic carbocycles. The minimum Gasteiger partial charge on any atom is -0.394 e. The lowest BCUT2D eigenvalue weighted by atomic mass is 10.0. The lowest BCUT2D eigenvalue weighted by Crippen LogP contribution is -2.51. The largest absolute Gasteiger partial charge is 0.394 e. The van der Waals surface area contributed by atoms with Crippen molar-refractivity contribution >= 4 is 15.1 Å². The van der Waals surface area contributed by atoms with E-state index in [4.69, 9.17) is 25.5 Å². The van der Waals surface area contributed by atoms with Crippen molar-refractivity contribution in [3.8, 4) is 0 Å². The van der Waals surface area contributed by atoms with Crippen LogP contribution >= 0.6 is 0 Å². The summed E-state index contributed by atoms with van der Waals surface area (Å²) in [6.45, 7) is -0.950. The highest BCUT2D eigenvalue weighted by molar-refractivity contribution is 8.04. The molecule has 0 aromatic heterocycles. The standard InChI is InChI=1S/C6H13NO8S/c7-16(14,15)6(13)5(12)4(11)3(10)2(9)1-8/h2-5,8-12H,1H2,(H2,7,14,15)/t2-,3-,4+,5-/m1/s1. The predicted octanol–water partition coefficient (Wildman–Crippen LogP) is -4.76. The predicted molar refractivity (Wildman–Crippen MR) is 49.2 cm³/mol. The minimum atomic E-state index is -4.72. The molecule has 0 aliphatic rings. The van der Waals surface area contributed by atoms with Crippen molar-refractivity contribution in [2.75, 3.05) is 6.61 Å². The Morgan fingerprint density at radius 1 is 1.12 bits per heavy atom. The Morgan fingerprint density at radius 2 is 1.56 bits per heavy atom. The van der Waals surface area contributed by atoms with Gasteiger partial charge in [0, 0.05) is 0 Å². The number of rotatable bonds is 5. The zero-order chi connectivity index (χ0) is 13.1. The monoisotopic (exact) mass is 259 g/mol. The molecule has 0 bridgehead atoms. The zero-order valence-corrected chi connectivity index (χ0v) is 8.78. The van der Waals surface area contributed by atoms with Crippen LogP contribution < -0.4 is 5.14 Å². The van der Waals surface area contributed by atoms with Gasteiger partial charge in [0.15, 0.2) is 6.10 Å². The maximum atomic E-state index is 10.8. The van der Waals surface area contributed by atoms with E-state index in [1.807, 2.05) is 0 Å². The van der Waals surface area contributed by atoms with Crippen molar-refractivity contribution in [3.63, 3.8) is 0 Å². The Balaban J connectivity index is 4.75. The van der Waals surface area contributed by atoms with Crippen LogP contribution in [0, 0.1) is 0 Å². The number of sulfonamides is 1. The average Bonchev–Trinajstić information content (AvgIpc) is 2.22. The first-order chi connectivity index (χ1) is 7.12. The number of hydrogen-bond acceptors (Lipinski definition) is 8. The summed E-state index contributed by atoms with van der Waals surface area (Å²) in [7, 11) is -4.72. The normalized spacial score (nSPS) is 19.9. The Hall–Kier alpha value is -0.620. The lowest BCUT2D eigenvalue weighted by Gasteiger charge is -2.24. The van der Waals surface area contributed by atoms with E-state index >= 15 is 0 Å². The number of carbonyl (C=O) groups excluding carboxylic acids is 1. The molecule has 0 aliphatic heterocycles. The van der Waals surface area contributed by atoms with Crippen LogP contribution in [-0.2, 0) is 14.8 Å². The van der Waals surface area contributed by atoms with Crippen molar-refractivity contribution in [3.05, 3.63) is 0 Å². The van der Waals surface area contributed by atoms with Crippen LogP contribution in [0.3, 0.4) is 0 Å². The fourth-order valence-electron chi connectivity index (χ4n) is 0.830. The van der Waals surface area contributed by atoms with E-state index in [1.165, 1.54) is 0 Å². The van der Waals surface area contributed by atoms with Crippen molar-refractivity contribution in [2.45, 2.75) is 24.4 Å². The molecule has 0 radical (unpaired) electrons. The van der Waals surface area contributed by atoms with Crippen molar-refractivity contribution in [1.82, 2.24) is 0 Å². The molecule has 0 saturated carbocycles. The van der Waals surface area contributed by atoms with Crippen LogP contribution in [0.15, 0.2) is 0 Å². The van der Waals surface area contributed by atoms with Crippen LogP contribution in [0.2, 0.25) is 0 Å². The molecule has 0 amide bonds. The van der Waals surface area contributed by atoms with E-state index in [0.717, 1.165) is 0 Å². The average molecular weight is 259 g/mol. The number of aliphatic hydroxyl groups excluding tert-OH is 5. The van der Waals surface area contributed by atoms with Gasteiger partial charge in [0.2, 0.25) is 0 Å². The number of hydrogen-bond donors (Lipinski definition) is 6. The van der Waals surface area contributed by atoms with E-state index in [-0.39, 0.29) is 0 Å². The summed E-state index contributed by atoms with van der Waals surface area (Å²) in [5.74, 6) is 0. The van der Waals surface area contributed by atoms with Gasteiger partial charge in [0.05, 0.1) is 6.61 Å². The second kappa shape index (κ2) is 5.63. The summed E-state index contributed by atoms with van der Waals surface area (Å²) in [6, 6.07) is 0. The first-order valence-electron chi connectivity index (χ1n) is 4.02. The second-order valence-corrected chi connectivity index (χ2v) is 4.53. The highest BCUT2D eigenvalue weighted by atomic mass is 32.2. The molecular formula is C6H13NO8S. The third-order valence-corrected chi connectivity index (χ3v) is 2.58. The molecule has 9 nitrogen and oxygen atoms in total. The van der Waals surface area contributed by atoms with Gasteiger partial charge in [-0.3, -0.25) is 4.79 Å². The highest BCUT2D eigenvalue weighted by Gasteiger charge is 2.38. The summed E-state index contributed by atoms with van der Waals surface area (Å²) in [5.41, 5.74) is 0. The first kappa shape index (κ1) is 15.4. The van der Waals surface area contributed by atoms with Crippen molar-refractivity contribution in [2.24, 2.45) is 5.14 Å². The molecule has 0 fully saturated rings. The third kappa shape index (κ3) is 3.75. The van der Waals surface area contributed by atoms with Gasteiger partial charge in [0.1, 0.15) is 18.3 Å². The summed E-state index contributed by atoms with van der Waals surface area (Å²) < 4.78 is 21.0. The van der Waals surface area contributed by atoms with E-state index in [1.54, 1.807) is 0 Å².